The molecular weight excluding hydrogens is 117 g/mol. The number of aromatic nitrogens is 1. The van der Waals surface area contributed by atoms with Crippen LogP contribution < -0.4 is 0 Å². The molecule has 8 heavy (non-hydrogen) atoms. The minimum atomic E-state index is 0.885. The molecule has 1 atom stereocenters. The first kappa shape index (κ1) is 5.84. The Labute approximate surface area is 51.2 Å². The Morgan fingerprint density at radius 3 is 2.75 bits per heavy atom. The van der Waals surface area contributed by atoms with E-state index in [1.165, 1.54) is 10.7 Å². The van der Waals surface area contributed by atoms with Gasteiger partial charge in [0, 0.05) is 6.20 Å². The minimum Gasteiger partial charge on any atom is -0.257 e. The summed E-state index contributed by atoms with van der Waals surface area (Å²) in [7, 11) is 0.885. The van der Waals surface area contributed by atoms with Crippen LogP contribution >= 0.6 is 8.19 Å². The van der Waals surface area contributed by atoms with Crippen LogP contribution in [0.4, 0.5) is 0 Å². The molecule has 2 heteroatoms. The number of rotatable bonds is 1. The van der Waals surface area contributed by atoms with Crippen molar-refractivity contribution in [2.75, 3.05) is 0 Å². The van der Waals surface area contributed by atoms with Crippen molar-refractivity contribution < 1.29 is 0 Å². The van der Waals surface area contributed by atoms with Gasteiger partial charge in [-0.1, -0.05) is 6.92 Å². The van der Waals surface area contributed by atoms with Crippen molar-refractivity contribution in [3.63, 3.8) is 0 Å². The lowest BCUT2D eigenvalue weighted by atomic mass is 10.5. The second-order valence-electron chi connectivity index (χ2n) is 1.87. The molecule has 44 valence electrons. The molecule has 0 aromatic carbocycles. The fraction of sp³-hybridized carbons (Fsp3) is 0.500. The monoisotopic (exact) mass is 127 g/mol. The fourth-order valence-electron chi connectivity index (χ4n) is 0.647. The Balaban J connectivity index is 2.84. The predicted molar refractivity (Wildman–Crippen MR) is 37.9 cm³/mol. The van der Waals surface area contributed by atoms with E-state index in [0.717, 1.165) is 14.6 Å². The van der Waals surface area contributed by atoms with Gasteiger partial charge < -0.3 is 0 Å². The van der Waals surface area contributed by atoms with Gasteiger partial charge in [-0.15, -0.1) is 8.19 Å². The zero-order valence-corrected chi connectivity index (χ0v) is 6.23. The molecule has 1 rings (SSSR count). The van der Waals surface area contributed by atoms with Crippen molar-refractivity contribution in [3.05, 3.63) is 16.9 Å². The van der Waals surface area contributed by atoms with Gasteiger partial charge in [-0.2, -0.15) is 0 Å². The van der Waals surface area contributed by atoms with Crippen LogP contribution in [0.15, 0.2) is 6.20 Å². The molecule has 1 heterocycles. The summed E-state index contributed by atoms with van der Waals surface area (Å²) in [4.78, 5) is 4.20. The molecule has 0 N–H and O–H groups in total. The number of nitrogens with zero attached hydrogens (tertiary/aromatic N) is 1. The first-order valence-electron chi connectivity index (χ1n) is 2.83. The molecule has 0 amide bonds. The topological polar surface area (TPSA) is 12.9 Å². The van der Waals surface area contributed by atoms with Gasteiger partial charge in [0.15, 0.2) is 0 Å². The average Bonchev–Trinajstić information content (AvgIpc) is 2.14. The molecule has 0 saturated carbocycles. The maximum absolute atomic E-state index is 4.20. The summed E-state index contributed by atoms with van der Waals surface area (Å²) in [6.45, 7) is 4.28. The molecule has 0 bridgehead atoms. The van der Waals surface area contributed by atoms with Crippen LogP contribution in [0.3, 0.4) is 0 Å². The predicted octanol–water partition coefficient (Wildman–Crippen LogP) is 1.98. The highest BCUT2D eigenvalue weighted by atomic mass is 31.0. The molecule has 0 aliphatic carbocycles. The van der Waals surface area contributed by atoms with E-state index in [9.17, 15) is 0 Å². The summed E-state index contributed by atoms with van der Waals surface area (Å²) >= 11 is 0. The third kappa shape index (κ3) is 1.10. The molecule has 1 aromatic rings. The van der Waals surface area contributed by atoms with Crippen molar-refractivity contribution in [3.8, 4) is 0 Å². The summed E-state index contributed by atoms with van der Waals surface area (Å²) in [5.41, 5.74) is 1.35. The normalized spacial score (nSPS) is 10.8. The van der Waals surface area contributed by atoms with Crippen molar-refractivity contribution in [2.24, 2.45) is 0 Å². The van der Waals surface area contributed by atoms with Crippen molar-refractivity contribution >= 4 is 8.19 Å². The van der Waals surface area contributed by atoms with E-state index >= 15 is 0 Å². The van der Waals surface area contributed by atoms with Crippen molar-refractivity contribution in [1.82, 2.24) is 4.98 Å². The van der Waals surface area contributed by atoms with E-state index in [4.69, 9.17) is 0 Å². The summed E-state index contributed by atoms with van der Waals surface area (Å²) in [6.07, 6.45) is 3.09. The van der Waals surface area contributed by atoms with Gasteiger partial charge in [-0.05, 0) is 18.6 Å². The molecule has 1 nitrogen and oxygen atoms in total. The Bertz CT molecular complexity index is 169. The SMILES string of the molecule is CCc1ncc(C)[pH]1. The van der Waals surface area contributed by atoms with Gasteiger partial charge in [-0.3, -0.25) is 4.98 Å². The number of hydrogen-bond donors (Lipinski definition) is 0. The highest BCUT2D eigenvalue weighted by Gasteiger charge is 1.89. The van der Waals surface area contributed by atoms with Crippen molar-refractivity contribution in [1.29, 1.82) is 0 Å². The number of hydrogen-bond acceptors (Lipinski definition) is 1. The molecule has 0 aliphatic rings. The fourth-order valence-corrected chi connectivity index (χ4v) is 1.54. The van der Waals surface area contributed by atoms with Crippen LogP contribution in [0, 0.1) is 6.92 Å². The zero-order valence-electron chi connectivity index (χ0n) is 5.23. The average molecular weight is 127 g/mol. The Morgan fingerprint density at radius 2 is 2.50 bits per heavy atom. The van der Waals surface area contributed by atoms with Crippen LogP contribution in [-0.2, 0) is 6.42 Å². The highest BCUT2D eigenvalue weighted by molar-refractivity contribution is 7.31. The summed E-state index contributed by atoms with van der Waals surface area (Å²) in [5, 5.41) is 1.42. The number of aryl methyl sites for hydroxylation is 2. The third-order valence-corrected chi connectivity index (χ3v) is 2.39. The Hall–Kier alpha value is -0.290. The lowest BCUT2D eigenvalue weighted by Gasteiger charge is -1.79. The highest BCUT2D eigenvalue weighted by Crippen LogP contribution is 2.17. The summed E-state index contributed by atoms with van der Waals surface area (Å²) < 4.78 is 0. The van der Waals surface area contributed by atoms with Gasteiger partial charge in [-0.25, -0.2) is 0 Å². The molecule has 1 unspecified atom stereocenters. The maximum atomic E-state index is 4.20. The van der Waals surface area contributed by atoms with Gasteiger partial charge in [0.1, 0.15) is 0 Å². The summed E-state index contributed by atoms with van der Waals surface area (Å²) in [6, 6.07) is 0. The van der Waals surface area contributed by atoms with Crippen LogP contribution in [0.25, 0.3) is 0 Å². The van der Waals surface area contributed by atoms with E-state index in [1.807, 2.05) is 6.20 Å². The van der Waals surface area contributed by atoms with E-state index in [-0.39, 0.29) is 0 Å². The van der Waals surface area contributed by atoms with E-state index in [1.54, 1.807) is 0 Å². The third-order valence-electron chi connectivity index (χ3n) is 1.09. The largest absolute Gasteiger partial charge is 0.257 e. The molecular formula is C6H10NP. The molecule has 0 aliphatic heterocycles. The molecule has 0 saturated heterocycles. The first-order valence-corrected chi connectivity index (χ1v) is 3.83. The maximum Gasteiger partial charge on any atom is 0.0561 e. The minimum absolute atomic E-state index is 0.885. The lowest BCUT2D eigenvalue weighted by molar-refractivity contribution is 1.09. The standard InChI is InChI=1S/C6H10NP/c1-3-6-7-4-5(2)8-6/h4,8H,3H2,1-2H3. The van der Waals surface area contributed by atoms with Crippen LogP contribution in [-0.4, -0.2) is 4.98 Å². The van der Waals surface area contributed by atoms with E-state index in [2.05, 4.69) is 18.8 Å². The molecule has 0 fully saturated rings. The summed E-state index contributed by atoms with van der Waals surface area (Å²) in [5.74, 6) is 0. The zero-order chi connectivity index (χ0) is 5.98. The first-order chi connectivity index (χ1) is 3.83. The second kappa shape index (κ2) is 2.32. The molecule has 0 spiro atoms. The van der Waals surface area contributed by atoms with Crippen molar-refractivity contribution in [2.45, 2.75) is 20.3 Å². The van der Waals surface area contributed by atoms with E-state index in [0.29, 0.717) is 0 Å². The van der Waals surface area contributed by atoms with Gasteiger partial charge in [0.05, 0.1) is 5.43 Å². The smallest absolute Gasteiger partial charge is 0.0561 e. The lowest BCUT2D eigenvalue weighted by Crippen LogP contribution is -1.69. The van der Waals surface area contributed by atoms with Gasteiger partial charge in [0.25, 0.3) is 0 Å². The Morgan fingerprint density at radius 1 is 1.75 bits per heavy atom. The van der Waals surface area contributed by atoms with Gasteiger partial charge >= 0.3 is 0 Å². The Kier molecular flexibility index (Phi) is 1.69. The van der Waals surface area contributed by atoms with E-state index < -0.39 is 0 Å². The van der Waals surface area contributed by atoms with Crippen LogP contribution in [0.1, 0.15) is 17.6 Å². The quantitative estimate of drug-likeness (QED) is 0.562. The van der Waals surface area contributed by atoms with Crippen LogP contribution in [0.5, 0.6) is 0 Å². The van der Waals surface area contributed by atoms with Crippen LogP contribution in [0.2, 0.25) is 0 Å². The molecule has 0 radical (unpaired) electrons. The van der Waals surface area contributed by atoms with Gasteiger partial charge in [0.2, 0.25) is 0 Å². The molecule has 1 aromatic heterocycles. The second-order valence-corrected chi connectivity index (χ2v) is 3.48.